The Morgan fingerprint density at radius 2 is 2.04 bits per heavy atom. The number of benzene rings is 1. The van der Waals surface area contributed by atoms with Gasteiger partial charge in [-0.15, -0.1) is 0 Å². The highest BCUT2D eigenvalue weighted by Crippen LogP contribution is 2.21. The highest BCUT2D eigenvalue weighted by atomic mass is 19.1. The fourth-order valence-electron chi connectivity index (χ4n) is 2.94. The Bertz CT molecular complexity index is 869. The quantitative estimate of drug-likeness (QED) is 0.450. The Labute approximate surface area is 161 Å². The molecule has 1 aromatic carbocycles. The molecule has 2 heterocycles. The summed E-state index contributed by atoms with van der Waals surface area (Å²) < 4.78 is 26.4. The summed E-state index contributed by atoms with van der Waals surface area (Å²) in [6, 6.07) is 6.38. The van der Waals surface area contributed by atoms with Crippen LogP contribution < -0.4 is 16.0 Å². The number of anilines is 2. The molecule has 0 bridgehead atoms. The maximum atomic E-state index is 13.5. The third kappa shape index (κ3) is 4.93. The van der Waals surface area contributed by atoms with Gasteiger partial charge in [0, 0.05) is 25.4 Å². The molecule has 0 aliphatic carbocycles. The van der Waals surface area contributed by atoms with Crippen molar-refractivity contribution in [1.82, 2.24) is 4.98 Å². The molecule has 1 aliphatic heterocycles. The van der Waals surface area contributed by atoms with Gasteiger partial charge in [0.1, 0.15) is 17.5 Å². The number of rotatable bonds is 6. The first-order valence-corrected chi connectivity index (χ1v) is 8.95. The van der Waals surface area contributed by atoms with Crippen molar-refractivity contribution in [3.8, 4) is 0 Å². The fourth-order valence-corrected chi connectivity index (χ4v) is 2.94. The zero-order valence-corrected chi connectivity index (χ0v) is 15.2. The van der Waals surface area contributed by atoms with E-state index >= 15 is 0 Å². The number of pyridine rings is 1. The predicted octanol–water partition coefficient (Wildman–Crippen LogP) is 2.63. The molecular formula is C19H21F2N5O2. The van der Waals surface area contributed by atoms with Crippen LogP contribution in [0.25, 0.3) is 0 Å². The van der Waals surface area contributed by atoms with Crippen molar-refractivity contribution >= 4 is 23.2 Å². The van der Waals surface area contributed by atoms with Gasteiger partial charge >= 0.3 is 0 Å². The number of piperidine rings is 1. The minimum atomic E-state index is -0.877. The highest BCUT2D eigenvalue weighted by molar-refractivity contribution is 6.01. The lowest BCUT2D eigenvalue weighted by atomic mass is 10.1. The van der Waals surface area contributed by atoms with E-state index in [1.54, 1.807) is 18.3 Å². The Kier molecular flexibility index (Phi) is 6.36. The fraction of sp³-hybridized carbons (Fsp3) is 0.316. The van der Waals surface area contributed by atoms with E-state index in [0.29, 0.717) is 11.6 Å². The van der Waals surface area contributed by atoms with E-state index < -0.39 is 24.1 Å². The van der Waals surface area contributed by atoms with E-state index in [0.717, 1.165) is 43.9 Å². The van der Waals surface area contributed by atoms with E-state index in [4.69, 9.17) is 10.6 Å². The lowest BCUT2D eigenvalue weighted by Gasteiger charge is -2.29. The number of amides is 1. The first-order chi connectivity index (χ1) is 13.5. The SMILES string of the molecule is N/C(=N/OCC(=O)Nc1ccc(F)cc1F)c1cccnc1N1CCCCC1. The van der Waals surface area contributed by atoms with Crippen molar-refractivity contribution in [2.75, 3.05) is 29.9 Å². The standard InChI is InChI=1S/C19H21F2N5O2/c20-13-6-7-16(15(21)11-13)24-17(27)12-28-25-18(22)14-5-4-8-23-19(14)26-9-2-1-3-10-26/h4-8,11H,1-3,9-10,12H2,(H2,22,25)(H,24,27). The lowest BCUT2D eigenvalue weighted by Crippen LogP contribution is -2.32. The minimum absolute atomic E-state index is 0.0921. The van der Waals surface area contributed by atoms with Crippen molar-refractivity contribution in [2.45, 2.75) is 19.3 Å². The van der Waals surface area contributed by atoms with E-state index in [1.807, 2.05) is 0 Å². The topological polar surface area (TPSA) is 92.8 Å². The van der Waals surface area contributed by atoms with E-state index in [-0.39, 0.29) is 11.5 Å². The summed E-state index contributed by atoms with van der Waals surface area (Å²) in [5.41, 5.74) is 6.48. The second-order valence-electron chi connectivity index (χ2n) is 6.34. The maximum absolute atomic E-state index is 13.5. The molecule has 0 spiro atoms. The van der Waals surface area contributed by atoms with Crippen LogP contribution in [0.2, 0.25) is 0 Å². The lowest BCUT2D eigenvalue weighted by molar-refractivity contribution is -0.120. The summed E-state index contributed by atoms with van der Waals surface area (Å²) in [6.07, 6.45) is 5.05. The van der Waals surface area contributed by atoms with Crippen LogP contribution >= 0.6 is 0 Å². The monoisotopic (exact) mass is 389 g/mol. The van der Waals surface area contributed by atoms with Crippen molar-refractivity contribution in [2.24, 2.45) is 10.9 Å². The van der Waals surface area contributed by atoms with Crippen LogP contribution in [0.15, 0.2) is 41.7 Å². The predicted molar refractivity (Wildman–Crippen MR) is 102 cm³/mol. The number of hydrogen-bond donors (Lipinski definition) is 2. The number of nitrogens with zero attached hydrogens (tertiary/aromatic N) is 3. The molecular weight excluding hydrogens is 368 g/mol. The number of aromatic nitrogens is 1. The van der Waals surface area contributed by atoms with Crippen LogP contribution in [0.3, 0.4) is 0 Å². The van der Waals surface area contributed by atoms with Gasteiger partial charge in [0.05, 0.1) is 11.3 Å². The molecule has 0 unspecified atom stereocenters. The number of amidine groups is 1. The Hall–Kier alpha value is -3.23. The van der Waals surface area contributed by atoms with E-state index in [1.165, 1.54) is 6.42 Å². The molecule has 148 valence electrons. The van der Waals surface area contributed by atoms with Crippen molar-refractivity contribution in [3.63, 3.8) is 0 Å². The third-order valence-electron chi connectivity index (χ3n) is 4.28. The molecule has 1 aliphatic rings. The molecule has 9 heteroatoms. The van der Waals surface area contributed by atoms with Crippen LogP contribution in [0.5, 0.6) is 0 Å². The number of nitrogens with one attached hydrogen (secondary N) is 1. The third-order valence-corrected chi connectivity index (χ3v) is 4.28. The normalized spacial score (nSPS) is 14.6. The second kappa shape index (κ2) is 9.12. The molecule has 1 aromatic heterocycles. The number of carbonyl (C=O) groups is 1. The molecule has 3 rings (SSSR count). The van der Waals surface area contributed by atoms with Gasteiger partial charge in [-0.2, -0.15) is 0 Å². The molecule has 0 atom stereocenters. The van der Waals surface area contributed by atoms with Gasteiger partial charge in [0.25, 0.3) is 5.91 Å². The number of oxime groups is 1. The van der Waals surface area contributed by atoms with Gasteiger partial charge in [-0.05, 0) is 43.5 Å². The number of carbonyl (C=O) groups excluding carboxylic acids is 1. The Balaban J connectivity index is 1.61. The molecule has 28 heavy (non-hydrogen) atoms. The molecule has 3 N–H and O–H groups in total. The Morgan fingerprint density at radius 1 is 1.25 bits per heavy atom. The molecule has 7 nitrogen and oxygen atoms in total. The largest absolute Gasteiger partial charge is 0.384 e. The van der Waals surface area contributed by atoms with Crippen LogP contribution in [0, 0.1) is 11.6 Å². The Morgan fingerprint density at radius 3 is 2.79 bits per heavy atom. The van der Waals surface area contributed by atoms with Gasteiger partial charge in [-0.3, -0.25) is 4.79 Å². The summed E-state index contributed by atoms with van der Waals surface area (Å²) in [5.74, 6) is -1.44. The zero-order chi connectivity index (χ0) is 19.9. The van der Waals surface area contributed by atoms with E-state index in [9.17, 15) is 13.6 Å². The summed E-state index contributed by atoms with van der Waals surface area (Å²) in [4.78, 5) is 23.4. The molecule has 0 saturated carbocycles. The number of hydrogen-bond acceptors (Lipinski definition) is 5. The van der Waals surface area contributed by atoms with Crippen LogP contribution in [-0.4, -0.2) is 36.4 Å². The smallest absolute Gasteiger partial charge is 0.265 e. The van der Waals surface area contributed by atoms with Gasteiger partial charge in [-0.1, -0.05) is 5.16 Å². The summed E-state index contributed by atoms with van der Waals surface area (Å²) >= 11 is 0. The molecule has 1 saturated heterocycles. The molecule has 2 aromatic rings. The van der Waals surface area contributed by atoms with Crippen LogP contribution in [0.4, 0.5) is 20.3 Å². The van der Waals surface area contributed by atoms with Crippen molar-refractivity contribution in [3.05, 3.63) is 53.7 Å². The molecule has 1 fully saturated rings. The zero-order valence-electron chi connectivity index (χ0n) is 15.2. The number of halogens is 2. The van der Waals surface area contributed by atoms with Gasteiger partial charge < -0.3 is 20.8 Å². The number of nitrogens with two attached hydrogens (primary N) is 1. The average Bonchev–Trinajstić information content (AvgIpc) is 2.71. The maximum Gasteiger partial charge on any atom is 0.265 e. The molecule has 0 radical (unpaired) electrons. The second-order valence-corrected chi connectivity index (χ2v) is 6.34. The van der Waals surface area contributed by atoms with Crippen molar-refractivity contribution in [1.29, 1.82) is 0 Å². The first kappa shape index (κ1) is 19.5. The summed E-state index contributed by atoms with van der Waals surface area (Å²) in [5, 5.41) is 6.06. The van der Waals surface area contributed by atoms with Gasteiger partial charge in [0.2, 0.25) is 0 Å². The van der Waals surface area contributed by atoms with E-state index in [2.05, 4.69) is 20.4 Å². The van der Waals surface area contributed by atoms with Crippen LogP contribution in [0.1, 0.15) is 24.8 Å². The summed E-state index contributed by atoms with van der Waals surface area (Å²) in [6.45, 7) is 1.31. The van der Waals surface area contributed by atoms with Gasteiger partial charge in [0.15, 0.2) is 12.4 Å². The van der Waals surface area contributed by atoms with Crippen molar-refractivity contribution < 1.29 is 18.4 Å². The minimum Gasteiger partial charge on any atom is -0.384 e. The highest BCUT2D eigenvalue weighted by Gasteiger charge is 2.17. The van der Waals surface area contributed by atoms with Crippen LogP contribution in [-0.2, 0) is 9.63 Å². The molecule has 1 amide bonds. The van der Waals surface area contributed by atoms with Gasteiger partial charge in [-0.25, -0.2) is 13.8 Å². The average molecular weight is 389 g/mol. The summed E-state index contributed by atoms with van der Waals surface area (Å²) in [7, 11) is 0. The first-order valence-electron chi connectivity index (χ1n) is 8.95.